The van der Waals surface area contributed by atoms with Crippen LogP contribution >= 0.6 is 0 Å². The van der Waals surface area contributed by atoms with Gasteiger partial charge in [0.05, 0.1) is 12.7 Å². The molecule has 0 aromatic rings. The number of likely N-dealkylation sites (N-methyl/N-ethyl adjacent to an activating group) is 1. The zero-order valence-corrected chi connectivity index (χ0v) is 8.00. The van der Waals surface area contributed by atoms with Crippen LogP contribution in [0.3, 0.4) is 0 Å². The highest BCUT2D eigenvalue weighted by Gasteiger charge is 2.04. The number of hydrogen-bond acceptors (Lipinski definition) is 3. The molecule has 0 aliphatic carbocycles. The number of nitrogens with two attached hydrogens (primary N) is 1. The molecule has 0 aromatic carbocycles. The van der Waals surface area contributed by atoms with Gasteiger partial charge in [0.15, 0.2) is 0 Å². The lowest BCUT2D eigenvalue weighted by Gasteiger charge is -2.17. The third kappa shape index (κ3) is 7.78. The van der Waals surface area contributed by atoms with Crippen molar-refractivity contribution in [3.05, 3.63) is 0 Å². The molecule has 0 bridgehead atoms. The van der Waals surface area contributed by atoms with E-state index in [1.54, 1.807) is 0 Å². The Hall–Kier alpha value is -0.120. The average molecular weight is 160 g/mol. The minimum Gasteiger partial charge on any atom is -0.377 e. The Balaban J connectivity index is 3.29. The van der Waals surface area contributed by atoms with E-state index in [-0.39, 0.29) is 12.1 Å². The van der Waals surface area contributed by atoms with Crippen molar-refractivity contribution in [2.75, 3.05) is 27.2 Å². The molecule has 0 saturated carbocycles. The fourth-order valence-corrected chi connectivity index (χ4v) is 0.838. The number of rotatable bonds is 5. The molecule has 0 aliphatic rings. The summed E-state index contributed by atoms with van der Waals surface area (Å²) in [4.78, 5) is 2.06. The Morgan fingerprint density at radius 3 is 2.27 bits per heavy atom. The van der Waals surface area contributed by atoms with Crippen LogP contribution in [0.15, 0.2) is 0 Å². The zero-order chi connectivity index (χ0) is 8.85. The Morgan fingerprint density at radius 1 is 1.36 bits per heavy atom. The third-order valence-electron chi connectivity index (χ3n) is 1.24. The van der Waals surface area contributed by atoms with Gasteiger partial charge < -0.3 is 15.4 Å². The van der Waals surface area contributed by atoms with Gasteiger partial charge in [0.1, 0.15) is 0 Å². The standard InChI is InChI=1S/C8H20N2O/c1-7(2)11-6-8(9)5-10(3)4/h7-8H,5-6,9H2,1-4H3. The van der Waals surface area contributed by atoms with E-state index in [9.17, 15) is 0 Å². The summed E-state index contributed by atoms with van der Waals surface area (Å²) in [7, 11) is 4.02. The van der Waals surface area contributed by atoms with Crippen LogP contribution in [0.2, 0.25) is 0 Å². The Bertz CT molecular complexity index is 94.1. The summed E-state index contributed by atoms with van der Waals surface area (Å²) in [5.74, 6) is 0. The molecule has 3 heteroatoms. The van der Waals surface area contributed by atoms with Gasteiger partial charge in [-0.15, -0.1) is 0 Å². The van der Waals surface area contributed by atoms with Crippen molar-refractivity contribution in [3.63, 3.8) is 0 Å². The first-order valence-electron chi connectivity index (χ1n) is 4.04. The molecule has 0 amide bonds. The van der Waals surface area contributed by atoms with Crippen LogP contribution < -0.4 is 5.73 Å². The molecule has 0 spiro atoms. The summed E-state index contributed by atoms with van der Waals surface area (Å²) in [5.41, 5.74) is 5.76. The Morgan fingerprint density at radius 2 is 1.91 bits per heavy atom. The van der Waals surface area contributed by atoms with Gasteiger partial charge in [-0.05, 0) is 27.9 Å². The van der Waals surface area contributed by atoms with Crippen LogP contribution in [-0.2, 0) is 4.74 Å². The fourth-order valence-electron chi connectivity index (χ4n) is 0.838. The van der Waals surface area contributed by atoms with Crippen LogP contribution in [0.4, 0.5) is 0 Å². The second kappa shape index (κ2) is 5.52. The van der Waals surface area contributed by atoms with Gasteiger partial charge in [0.2, 0.25) is 0 Å². The van der Waals surface area contributed by atoms with Crippen molar-refractivity contribution < 1.29 is 4.74 Å². The van der Waals surface area contributed by atoms with E-state index in [4.69, 9.17) is 10.5 Å². The molecule has 68 valence electrons. The van der Waals surface area contributed by atoms with Crippen molar-refractivity contribution in [2.24, 2.45) is 5.73 Å². The summed E-state index contributed by atoms with van der Waals surface area (Å²) in [6.45, 7) is 5.56. The molecule has 1 atom stereocenters. The number of nitrogens with zero attached hydrogens (tertiary/aromatic N) is 1. The summed E-state index contributed by atoms with van der Waals surface area (Å²) >= 11 is 0. The lowest BCUT2D eigenvalue weighted by atomic mass is 10.3. The van der Waals surface area contributed by atoms with Crippen molar-refractivity contribution in [2.45, 2.75) is 26.0 Å². The van der Waals surface area contributed by atoms with E-state index in [0.717, 1.165) is 6.54 Å². The van der Waals surface area contributed by atoms with Crippen LogP contribution in [0.5, 0.6) is 0 Å². The smallest absolute Gasteiger partial charge is 0.0633 e. The van der Waals surface area contributed by atoms with Gasteiger partial charge in [0.25, 0.3) is 0 Å². The number of hydrogen-bond donors (Lipinski definition) is 1. The fraction of sp³-hybridized carbons (Fsp3) is 1.00. The molecule has 2 N–H and O–H groups in total. The molecule has 3 nitrogen and oxygen atoms in total. The van der Waals surface area contributed by atoms with Gasteiger partial charge in [-0.25, -0.2) is 0 Å². The normalized spacial score (nSPS) is 14.5. The first kappa shape index (κ1) is 10.9. The van der Waals surface area contributed by atoms with Crippen molar-refractivity contribution in [1.82, 2.24) is 4.90 Å². The van der Waals surface area contributed by atoms with E-state index in [1.165, 1.54) is 0 Å². The van der Waals surface area contributed by atoms with Crippen molar-refractivity contribution in [1.29, 1.82) is 0 Å². The quantitative estimate of drug-likeness (QED) is 0.628. The molecule has 0 rings (SSSR count). The van der Waals surface area contributed by atoms with Gasteiger partial charge in [-0.3, -0.25) is 0 Å². The van der Waals surface area contributed by atoms with Crippen LogP contribution in [0, 0.1) is 0 Å². The molecule has 1 unspecified atom stereocenters. The first-order chi connectivity index (χ1) is 5.02. The molecule has 0 aromatic heterocycles. The SMILES string of the molecule is CC(C)OCC(N)CN(C)C. The van der Waals surface area contributed by atoms with E-state index < -0.39 is 0 Å². The third-order valence-corrected chi connectivity index (χ3v) is 1.24. The lowest BCUT2D eigenvalue weighted by Crippen LogP contribution is -2.37. The Kier molecular flexibility index (Phi) is 5.46. The van der Waals surface area contributed by atoms with Crippen molar-refractivity contribution >= 4 is 0 Å². The molecule has 0 radical (unpaired) electrons. The first-order valence-corrected chi connectivity index (χ1v) is 4.04. The van der Waals surface area contributed by atoms with E-state index in [2.05, 4.69) is 4.90 Å². The highest BCUT2D eigenvalue weighted by Crippen LogP contribution is 1.90. The molecule has 0 saturated heterocycles. The molecule has 11 heavy (non-hydrogen) atoms. The maximum Gasteiger partial charge on any atom is 0.0633 e. The molecular formula is C8H20N2O. The predicted octanol–water partition coefficient (Wildman–Crippen LogP) is 0.300. The van der Waals surface area contributed by atoms with Gasteiger partial charge >= 0.3 is 0 Å². The monoisotopic (exact) mass is 160 g/mol. The van der Waals surface area contributed by atoms with Crippen LogP contribution in [0.25, 0.3) is 0 Å². The zero-order valence-electron chi connectivity index (χ0n) is 8.00. The summed E-state index contributed by atoms with van der Waals surface area (Å²) in [6, 6.07) is 0.132. The van der Waals surface area contributed by atoms with Crippen molar-refractivity contribution in [3.8, 4) is 0 Å². The summed E-state index contributed by atoms with van der Waals surface area (Å²) in [6.07, 6.45) is 0.281. The minimum atomic E-state index is 0.132. The second-order valence-corrected chi connectivity index (χ2v) is 3.40. The molecule has 0 heterocycles. The molecule has 0 fully saturated rings. The molecular weight excluding hydrogens is 140 g/mol. The summed E-state index contributed by atoms with van der Waals surface area (Å²) in [5, 5.41) is 0. The van der Waals surface area contributed by atoms with Gasteiger partial charge in [0, 0.05) is 12.6 Å². The highest BCUT2D eigenvalue weighted by molar-refractivity contribution is 4.62. The lowest BCUT2D eigenvalue weighted by molar-refractivity contribution is 0.0636. The number of ether oxygens (including phenoxy) is 1. The molecule has 0 aliphatic heterocycles. The topological polar surface area (TPSA) is 38.5 Å². The van der Waals surface area contributed by atoms with E-state index in [0.29, 0.717) is 6.61 Å². The minimum absolute atomic E-state index is 0.132. The average Bonchev–Trinajstić information content (AvgIpc) is 1.82. The maximum absolute atomic E-state index is 5.76. The van der Waals surface area contributed by atoms with Gasteiger partial charge in [-0.2, -0.15) is 0 Å². The van der Waals surface area contributed by atoms with Crippen LogP contribution in [-0.4, -0.2) is 44.3 Å². The predicted molar refractivity (Wildman–Crippen MR) is 47.6 cm³/mol. The van der Waals surface area contributed by atoms with Gasteiger partial charge in [-0.1, -0.05) is 0 Å². The Labute approximate surface area is 69.5 Å². The van der Waals surface area contributed by atoms with E-state index >= 15 is 0 Å². The van der Waals surface area contributed by atoms with E-state index in [1.807, 2.05) is 27.9 Å². The summed E-state index contributed by atoms with van der Waals surface area (Å²) < 4.78 is 5.35. The highest BCUT2D eigenvalue weighted by atomic mass is 16.5. The largest absolute Gasteiger partial charge is 0.377 e. The maximum atomic E-state index is 5.76. The second-order valence-electron chi connectivity index (χ2n) is 3.40. The van der Waals surface area contributed by atoms with Crippen LogP contribution in [0.1, 0.15) is 13.8 Å².